The minimum absolute atomic E-state index is 0.907. The third-order valence-corrected chi connectivity index (χ3v) is 2.06. The van der Waals surface area contributed by atoms with E-state index in [9.17, 15) is 0 Å². The van der Waals surface area contributed by atoms with E-state index >= 15 is 0 Å². The van der Waals surface area contributed by atoms with Crippen molar-refractivity contribution in [2.24, 2.45) is 0 Å². The lowest BCUT2D eigenvalue weighted by molar-refractivity contribution is 0.414. The number of hydrogen-bond donors (Lipinski definition) is 0. The Hall–Kier alpha value is -0.980. The average molecular weight is 163 g/mol. The fourth-order valence-electron chi connectivity index (χ4n) is 1.31. The van der Waals surface area contributed by atoms with E-state index in [0.717, 1.165) is 18.6 Å². The van der Waals surface area contributed by atoms with Gasteiger partial charge in [-0.3, -0.25) is 0 Å². The number of benzene rings is 1. The molecule has 1 rings (SSSR count). The number of rotatable bonds is 3. The Morgan fingerprint density at radius 2 is 2.08 bits per heavy atom. The van der Waals surface area contributed by atoms with Crippen LogP contribution in [0.15, 0.2) is 12.1 Å². The van der Waals surface area contributed by atoms with Crippen LogP contribution in [0.4, 0.5) is 0 Å². The molecule has 0 spiro atoms. The molecule has 0 atom stereocenters. The predicted molar refractivity (Wildman–Crippen MR) is 50.6 cm³/mol. The summed E-state index contributed by atoms with van der Waals surface area (Å²) in [5, 5.41) is 0. The van der Waals surface area contributed by atoms with Crippen LogP contribution >= 0.6 is 0 Å². The van der Waals surface area contributed by atoms with Gasteiger partial charge in [-0.25, -0.2) is 0 Å². The van der Waals surface area contributed by atoms with Crippen LogP contribution in [0.3, 0.4) is 0 Å². The molecule has 0 heterocycles. The van der Waals surface area contributed by atoms with E-state index in [2.05, 4.69) is 26.0 Å². The Labute approximate surface area is 74.4 Å². The Kier molecular flexibility index (Phi) is 3.15. The van der Waals surface area contributed by atoms with Crippen LogP contribution in [0.2, 0.25) is 0 Å². The van der Waals surface area contributed by atoms with Crippen molar-refractivity contribution in [3.05, 3.63) is 29.3 Å². The molecule has 0 aliphatic heterocycles. The number of methoxy groups -OCH3 is 1. The van der Waals surface area contributed by atoms with Crippen molar-refractivity contribution in [2.45, 2.75) is 26.7 Å². The van der Waals surface area contributed by atoms with Crippen molar-refractivity contribution in [3.8, 4) is 5.75 Å². The van der Waals surface area contributed by atoms with Crippen LogP contribution in [-0.2, 0) is 12.8 Å². The lowest BCUT2D eigenvalue weighted by atomic mass is 10.0. The van der Waals surface area contributed by atoms with Gasteiger partial charge in [0.15, 0.2) is 0 Å². The van der Waals surface area contributed by atoms with E-state index in [1.165, 1.54) is 11.1 Å². The Bertz CT molecular complexity index is 253. The highest BCUT2D eigenvalue weighted by atomic mass is 16.5. The first-order valence-corrected chi connectivity index (χ1v) is 4.39. The zero-order valence-corrected chi connectivity index (χ0v) is 7.98. The van der Waals surface area contributed by atoms with Gasteiger partial charge in [0.1, 0.15) is 5.75 Å². The first-order valence-electron chi connectivity index (χ1n) is 4.39. The number of ether oxygens (including phenoxy) is 1. The number of aryl methyl sites for hydroxylation is 2. The molecular formula is C11H15O. The van der Waals surface area contributed by atoms with Crippen molar-refractivity contribution in [2.75, 3.05) is 7.11 Å². The molecular weight excluding hydrogens is 148 g/mol. The van der Waals surface area contributed by atoms with E-state index in [4.69, 9.17) is 4.74 Å². The fourth-order valence-corrected chi connectivity index (χ4v) is 1.31. The maximum absolute atomic E-state index is 5.12. The second-order valence-electron chi connectivity index (χ2n) is 2.75. The molecule has 0 aliphatic rings. The van der Waals surface area contributed by atoms with Gasteiger partial charge in [-0.15, -0.1) is 0 Å². The SMILES string of the molecule is CCc1[c]cc(OC)cc1CC. The standard InChI is InChI=1S/C11H15O/c1-4-9-6-7-11(12-3)8-10(9)5-2/h7-8H,4-5H2,1-3H3. The van der Waals surface area contributed by atoms with Crippen LogP contribution in [0.5, 0.6) is 5.75 Å². The molecule has 12 heavy (non-hydrogen) atoms. The van der Waals surface area contributed by atoms with Gasteiger partial charge < -0.3 is 4.74 Å². The molecule has 65 valence electrons. The van der Waals surface area contributed by atoms with Crippen LogP contribution in [0, 0.1) is 6.07 Å². The maximum Gasteiger partial charge on any atom is 0.119 e. The molecule has 1 nitrogen and oxygen atoms in total. The van der Waals surface area contributed by atoms with Gasteiger partial charge in [-0.2, -0.15) is 0 Å². The molecule has 1 aromatic carbocycles. The summed E-state index contributed by atoms with van der Waals surface area (Å²) in [4.78, 5) is 0. The topological polar surface area (TPSA) is 9.23 Å². The van der Waals surface area contributed by atoms with Crippen LogP contribution < -0.4 is 4.74 Å². The molecule has 1 heteroatoms. The normalized spacial score (nSPS) is 9.92. The van der Waals surface area contributed by atoms with Gasteiger partial charge in [0.25, 0.3) is 0 Å². The Morgan fingerprint density at radius 1 is 1.33 bits per heavy atom. The van der Waals surface area contributed by atoms with Crippen molar-refractivity contribution in [3.63, 3.8) is 0 Å². The van der Waals surface area contributed by atoms with E-state index in [1.807, 2.05) is 6.07 Å². The Balaban J connectivity index is 3.02. The van der Waals surface area contributed by atoms with Crippen LogP contribution in [0.1, 0.15) is 25.0 Å². The highest BCUT2D eigenvalue weighted by Crippen LogP contribution is 2.17. The average Bonchev–Trinajstić information content (AvgIpc) is 2.16. The molecule has 0 aromatic heterocycles. The van der Waals surface area contributed by atoms with E-state index in [-0.39, 0.29) is 0 Å². The lowest BCUT2D eigenvalue weighted by Gasteiger charge is -2.06. The van der Waals surface area contributed by atoms with Gasteiger partial charge >= 0.3 is 0 Å². The maximum atomic E-state index is 5.12. The summed E-state index contributed by atoms with van der Waals surface area (Å²) in [6.07, 6.45) is 2.10. The minimum Gasteiger partial charge on any atom is -0.497 e. The minimum atomic E-state index is 0.907. The second kappa shape index (κ2) is 4.15. The number of hydrogen-bond acceptors (Lipinski definition) is 1. The largest absolute Gasteiger partial charge is 0.497 e. The first kappa shape index (κ1) is 9.11. The summed E-state index contributed by atoms with van der Waals surface area (Å²) < 4.78 is 5.12. The van der Waals surface area contributed by atoms with Gasteiger partial charge in [0.05, 0.1) is 7.11 Å². The van der Waals surface area contributed by atoms with Gasteiger partial charge in [-0.1, -0.05) is 13.8 Å². The zero-order valence-electron chi connectivity index (χ0n) is 7.98. The molecule has 0 bridgehead atoms. The Morgan fingerprint density at radius 3 is 2.58 bits per heavy atom. The molecule has 0 fully saturated rings. The molecule has 0 unspecified atom stereocenters. The lowest BCUT2D eigenvalue weighted by Crippen LogP contribution is -1.92. The van der Waals surface area contributed by atoms with E-state index in [1.54, 1.807) is 7.11 Å². The molecule has 1 aromatic rings. The van der Waals surface area contributed by atoms with Crippen molar-refractivity contribution in [1.29, 1.82) is 0 Å². The van der Waals surface area contributed by atoms with Crippen molar-refractivity contribution >= 4 is 0 Å². The smallest absolute Gasteiger partial charge is 0.119 e. The van der Waals surface area contributed by atoms with E-state index in [0.29, 0.717) is 0 Å². The highest BCUT2D eigenvalue weighted by Gasteiger charge is 2.00. The van der Waals surface area contributed by atoms with Gasteiger partial charge in [0, 0.05) is 0 Å². The molecule has 0 aliphatic carbocycles. The predicted octanol–water partition coefficient (Wildman–Crippen LogP) is 2.62. The van der Waals surface area contributed by atoms with Gasteiger partial charge in [-0.05, 0) is 42.2 Å². The third kappa shape index (κ3) is 1.79. The summed E-state index contributed by atoms with van der Waals surface area (Å²) in [7, 11) is 1.69. The summed E-state index contributed by atoms with van der Waals surface area (Å²) in [5.74, 6) is 0.907. The summed E-state index contributed by atoms with van der Waals surface area (Å²) in [6, 6.07) is 7.23. The zero-order chi connectivity index (χ0) is 8.97. The summed E-state index contributed by atoms with van der Waals surface area (Å²) in [6.45, 7) is 4.30. The molecule has 0 saturated heterocycles. The quantitative estimate of drug-likeness (QED) is 0.665. The highest BCUT2D eigenvalue weighted by molar-refractivity contribution is 5.34. The van der Waals surface area contributed by atoms with E-state index < -0.39 is 0 Å². The fraction of sp³-hybridized carbons (Fsp3) is 0.455. The van der Waals surface area contributed by atoms with Crippen molar-refractivity contribution in [1.82, 2.24) is 0 Å². The van der Waals surface area contributed by atoms with Crippen LogP contribution in [-0.4, -0.2) is 7.11 Å². The summed E-state index contributed by atoms with van der Waals surface area (Å²) in [5.41, 5.74) is 2.65. The molecule has 1 radical (unpaired) electrons. The summed E-state index contributed by atoms with van der Waals surface area (Å²) >= 11 is 0. The molecule has 0 amide bonds. The monoisotopic (exact) mass is 163 g/mol. The molecule has 0 N–H and O–H groups in total. The van der Waals surface area contributed by atoms with Gasteiger partial charge in [0.2, 0.25) is 0 Å². The first-order chi connectivity index (χ1) is 5.81. The van der Waals surface area contributed by atoms with Crippen LogP contribution in [0.25, 0.3) is 0 Å². The third-order valence-electron chi connectivity index (χ3n) is 2.06. The molecule has 0 saturated carbocycles. The van der Waals surface area contributed by atoms with Crippen molar-refractivity contribution < 1.29 is 4.74 Å². The second-order valence-corrected chi connectivity index (χ2v) is 2.75.